The third kappa shape index (κ3) is 2.68. The zero-order chi connectivity index (χ0) is 15.9. The molecule has 0 atom stereocenters. The van der Waals surface area contributed by atoms with Crippen molar-refractivity contribution in [2.24, 2.45) is 5.41 Å². The molecule has 5 nitrogen and oxygen atoms in total. The number of aromatic nitrogens is 2. The number of hydrogen-bond acceptors (Lipinski definition) is 3. The fourth-order valence-electron chi connectivity index (χ4n) is 3.78. The molecule has 1 saturated carbocycles. The van der Waals surface area contributed by atoms with E-state index in [0.717, 1.165) is 62.8 Å². The Morgan fingerprint density at radius 1 is 1.26 bits per heavy atom. The summed E-state index contributed by atoms with van der Waals surface area (Å²) in [6, 6.07) is 10.7. The van der Waals surface area contributed by atoms with Crippen LogP contribution in [0.25, 0.3) is 11.0 Å². The fraction of sp³-hybridized carbons (Fsp3) is 0.556. The third-order valence-electron chi connectivity index (χ3n) is 5.54. The number of likely N-dealkylation sites (tertiary alicyclic amines) is 1. The summed E-state index contributed by atoms with van der Waals surface area (Å²) in [5, 5.41) is 9.17. The summed E-state index contributed by atoms with van der Waals surface area (Å²) in [4.78, 5) is 17.7. The van der Waals surface area contributed by atoms with Crippen LogP contribution in [0.1, 0.15) is 38.1 Å². The van der Waals surface area contributed by atoms with Crippen molar-refractivity contribution in [1.82, 2.24) is 14.5 Å². The van der Waals surface area contributed by atoms with E-state index in [1.165, 1.54) is 0 Å². The molecule has 0 bridgehead atoms. The van der Waals surface area contributed by atoms with Gasteiger partial charge in [-0.3, -0.25) is 4.57 Å². The highest BCUT2D eigenvalue weighted by molar-refractivity contribution is 5.75. The number of nitriles is 1. The van der Waals surface area contributed by atoms with Crippen LogP contribution in [-0.4, -0.2) is 34.1 Å². The van der Waals surface area contributed by atoms with Gasteiger partial charge in [0, 0.05) is 19.1 Å². The summed E-state index contributed by atoms with van der Waals surface area (Å²) in [6.07, 6.45) is 5.15. The van der Waals surface area contributed by atoms with E-state index in [1.54, 1.807) is 0 Å². The Bertz CT molecular complexity index is 800. The Morgan fingerprint density at radius 2 is 2.00 bits per heavy atom. The second-order valence-electron chi connectivity index (χ2n) is 7.03. The summed E-state index contributed by atoms with van der Waals surface area (Å²) in [6.45, 7) is 3.04. The normalized spacial score (nSPS) is 21.3. The van der Waals surface area contributed by atoms with Crippen LogP contribution >= 0.6 is 0 Å². The Balaban J connectivity index is 1.42. The van der Waals surface area contributed by atoms with Gasteiger partial charge in [-0.15, -0.1) is 0 Å². The summed E-state index contributed by atoms with van der Waals surface area (Å²) in [7, 11) is 0. The minimum Gasteiger partial charge on any atom is -0.306 e. The van der Waals surface area contributed by atoms with Crippen LogP contribution in [0, 0.1) is 16.7 Å². The first kappa shape index (κ1) is 14.5. The number of hydrogen-bond donors (Lipinski definition) is 1. The number of benzene rings is 1. The highest BCUT2D eigenvalue weighted by atomic mass is 16.1. The fourth-order valence-corrected chi connectivity index (χ4v) is 3.78. The zero-order valence-electron chi connectivity index (χ0n) is 13.3. The molecule has 2 fully saturated rings. The number of rotatable bonds is 4. The Hall–Kier alpha value is -2.06. The molecule has 0 unspecified atom stereocenters. The highest BCUT2D eigenvalue weighted by Gasteiger charge is 2.42. The average Bonchev–Trinajstić information content (AvgIpc) is 3.29. The summed E-state index contributed by atoms with van der Waals surface area (Å²) >= 11 is 0. The lowest BCUT2D eigenvalue weighted by Crippen LogP contribution is -2.38. The molecule has 2 aliphatic rings. The molecule has 4 rings (SSSR count). The molecule has 0 radical (unpaired) electrons. The number of H-pyrrole nitrogens is 1. The molecule has 1 saturated heterocycles. The predicted octanol–water partition coefficient (Wildman–Crippen LogP) is 2.66. The van der Waals surface area contributed by atoms with Crippen LogP contribution in [0.5, 0.6) is 0 Å². The molecular formula is C18H22N4O. The van der Waals surface area contributed by atoms with Gasteiger partial charge < -0.3 is 9.88 Å². The van der Waals surface area contributed by atoms with Gasteiger partial charge in [-0.1, -0.05) is 12.1 Å². The van der Waals surface area contributed by atoms with Gasteiger partial charge in [0.1, 0.15) is 0 Å². The number of fused-ring (bicyclic) bond motifs is 1. The van der Waals surface area contributed by atoms with Crippen LogP contribution in [0.4, 0.5) is 0 Å². The zero-order valence-corrected chi connectivity index (χ0v) is 13.3. The number of para-hydroxylation sites is 2. The van der Waals surface area contributed by atoms with E-state index < -0.39 is 0 Å². The van der Waals surface area contributed by atoms with E-state index in [2.05, 4.69) is 16.0 Å². The first-order valence-electron chi connectivity index (χ1n) is 8.54. The van der Waals surface area contributed by atoms with Crippen molar-refractivity contribution >= 4 is 11.0 Å². The predicted molar refractivity (Wildman–Crippen MR) is 89.2 cm³/mol. The average molecular weight is 310 g/mol. The molecule has 1 aliphatic carbocycles. The van der Waals surface area contributed by atoms with Crippen molar-refractivity contribution in [3.63, 3.8) is 0 Å². The topological polar surface area (TPSA) is 64.8 Å². The smallest absolute Gasteiger partial charge is 0.306 e. The van der Waals surface area contributed by atoms with Gasteiger partial charge in [0.05, 0.1) is 22.5 Å². The Morgan fingerprint density at radius 3 is 2.70 bits per heavy atom. The molecule has 120 valence electrons. The van der Waals surface area contributed by atoms with Crippen molar-refractivity contribution in [3.8, 4) is 6.07 Å². The van der Waals surface area contributed by atoms with E-state index in [1.807, 2.05) is 28.8 Å². The molecule has 1 aliphatic heterocycles. The lowest BCUT2D eigenvalue weighted by atomic mass is 10.0. The van der Waals surface area contributed by atoms with Crippen LogP contribution in [0.2, 0.25) is 0 Å². The SMILES string of the molecule is N#CC1(CCN2CCC(n3c(=O)[nH]c4ccccc43)CC2)CC1. The van der Waals surface area contributed by atoms with E-state index in [0.29, 0.717) is 0 Å². The summed E-state index contributed by atoms with van der Waals surface area (Å²) in [5.74, 6) is 0. The molecule has 0 spiro atoms. The quantitative estimate of drug-likeness (QED) is 0.944. The van der Waals surface area contributed by atoms with Gasteiger partial charge >= 0.3 is 5.69 Å². The van der Waals surface area contributed by atoms with Crippen molar-refractivity contribution < 1.29 is 0 Å². The molecule has 23 heavy (non-hydrogen) atoms. The first-order chi connectivity index (χ1) is 11.2. The molecular weight excluding hydrogens is 288 g/mol. The molecule has 2 aromatic rings. The highest BCUT2D eigenvalue weighted by Crippen LogP contribution is 2.48. The van der Waals surface area contributed by atoms with Crippen LogP contribution in [0.3, 0.4) is 0 Å². The lowest BCUT2D eigenvalue weighted by Gasteiger charge is -2.32. The maximum Gasteiger partial charge on any atom is 0.326 e. The lowest BCUT2D eigenvalue weighted by molar-refractivity contribution is 0.178. The van der Waals surface area contributed by atoms with E-state index in [9.17, 15) is 10.1 Å². The molecule has 0 amide bonds. The van der Waals surface area contributed by atoms with Gasteiger partial charge in [0.25, 0.3) is 0 Å². The van der Waals surface area contributed by atoms with Gasteiger partial charge in [-0.2, -0.15) is 5.26 Å². The second-order valence-corrected chi connectivity index (χ2v) is 7.03. The van der Waals surface area contributed by atoms with Crippen molar-refractivity contribution in [1.29, 1.82) is 5.26 Å². The van der Waals surface area contributed by atoms with Crippen LogP contribution in [0.15, 0.2) is 29.1 Å². The maximum absolute atomic E-state index is 12.3. The number of aromatic amines is 1. The van der Waals surface area contributed by atoms with Gasteiger partial charge in [0.2, 0.25) is 0 Å². The van der Waals surface area contributed by atoms with Crippen molar-refractivity contribution in [3.05, 3.63) is 34.7 Å². The first-order valence-corrected chi connectivity index (χ1v) is 8.54. The Kier molecular flexibility index (Phi) is 3.50. The van der Waals surface area contributed by atoms with Gasteiger partial charge in [-0.25, -0.2) is 4.79 Å². The number of piperidine rings is 1. The van der Waals surface area contributed by atoms with E-state index in [-0.39, 0.29) is 17.1 Å². The molecule has 2 heterocycles. The van der Waals surface area contributed by atoms with Crippen molar-refractivity contribution in [2.75, 3.05) is 19.6 Å². The molecule has 1 aromatic heterocycles. The van der Waals surface area contributed by atoms with Crippen LogP contribution < -0.4 is 5.69 Å². The molecule has 5 heteroatoms. The molecule has 1 N–H and O–H groups in total. The minimum absolute atomic E-state index is 0.00561. The van der Waals surface area contributed by atoms with Gasteiger partial charge in [0.15, 0.2) is 0 Å². The second kappa shape index (κ2) is 5.54. The summed E-state index contributed by atoms with van der Waals surface area (Å²) < 4.78 is 1.93. The summed E-state index contributed by atoms with van der Waals surface area (Å²) in [5.41, 5.74) is 1.93. The van der Waals surface area contributed by atoms with Crippen molar-refractivity contribution in [2.45, 2.75) is 38.1 Å². The van der Waals surface area contributed by atoms with Crippen LogP contribution in [-0.2, 0) is 0 Å². The third-order valence-corrected chi connectivity index (χ3v) is 5.54. The van der Waals surface area contributed by atoms with E-state index in [4.69, 9.17) is 0 Å². The molecule has 1 aromatic carbocycles. The monoisotopic (exact) mass is 310 g/mol. The van der Waals surface area contributed by atoms with Gasteiger partial charge in [-0.05, 0) is 50.8 Å². The van der Waals surface area contributed by atoms with E-state index >= 15 is 0 Å². The number of imidazole rings is 1. The largest absolute Gasteiger partial charge is 0.326 e. The number of nitrogens with zero attached hydrogens (tertiary/aromatic N) is 3. The Labute approximate surface area is 135 Å². The maximum atomic E-state index is 12.3. The standard InChI is InChI=1S/C18H22N4O/c19-13-18(7-8-18)9-12-21-10-5-14(6-11-21)22-16-4-2-1-3-15(16)20-17(22)23/h1-4,14H,5-12H2,(H,20,23). The number of nitrogens with one attached hydrogen (secondary N) is 1. The minimum atomic E-state index is -0.00930.